The molecule has 0 saturated heterocycles. The van der Waals surface area contributed by atoms with Crippen LogP contribution in [0.1, 0.15) is 0 Å². The molecule has 1 nitrogen and oxygen atoms in total. The van der Waals surface area contributed by atoms with Gasteiger partial charge in [0.15, 0.2) is 0 Å². The van der Waals surface area contributed by atoms with Crippen LogP contribution in [0.25, 0.3) is 0 Å². The zero-order valence-electron chi connectivity index (χ0n) is 11.9. The summed E-state index contributed by atoms with van der Waals surface area (Å²) in [5.41, 5.74) is 3.51. The van der Waals surface area contributed by atoms with Gasteiger partial charge in [0.1, 0.15) is 23.3 Å². The van der Waals surface area contributed by atoms with Crippen molar-refractivity contribution in [3.63, 3.8) is 0 Å². The van der Waals surface area contributed by atoms with Crippen molar-refractivity contribution in [2.75, 3.05) is 0 Å². The monoisotopic (exact) mass is 272 g/mol. The lowest BCUT2D eigenvalue weighted by Crippen LogP contribution is -2.31. The van der Waals surface area contributed by atoms with Gasteiger partial charge < -0.3 is 0 Å². The van der Waals surface area contributed by atoms with E-state index in [2.05, 4.69) is 79.4 Å². The van der Waals surface area contributed by atoms with Gasteiger partial charge in [0, 0.05) is 36.4 Å². The highest BCUT2D eigenvalue weighted by molar-refractivity contribution is 5.72. The van der Waals surface area contributed by atoms with Crippen LogP contribution in [0.5, 0.6) is 0 Å². The number of rotatable bonds is 4. The van der Waals surface area contributed by atoms with Crippen LogP contribution < -0.4 is 4.48 Å². The van der Waals surface area contributed by atoms with Gasteiger partial charge in [-0.1, -0.05) is 54.6 Å². The number of para-hydroxylation sites is 3. The molecule has 0 spiro atoms. The maximum atomic E-state index is 4.13. The molecular weight excluding hydrogens is 254 g/mol. The molecule has 0 heterocycles. The molecule has 3 aromatic rings. The smallest absolute Gasteiger partial charge is 0.147 e. The molecular formula is C20H18N+. The number of benzene rings is 3. The summed E-state index contributed by atoms with van der Waals surface area (Å²) in [4.78, 5) is 0. The Morgan fingerprint density at radius 2 is 0.810 bits per heavy atom. The molecule has 0 radical (unpaired) electrons. The third-order valence-corrected chi connectivity index (χ3v) is 3.76. The Kier molecular flexibility index (Phi) is 3.67. The molecule has 3 aromatic carbocycles. The molecule has 0 fully saturated rings. The van der Waals surface area contributed by atoms with E-state index >= 15 is 0 Å². The van der Waals surface area contributed by atoms with Gasteiger partial charge in [0.25, 0.3) is 0 Å². The lowest BCUT2D eigenvalue weighted by molar-refractivity contribution is 0.690. The van der Waals surface area contributed by atoms with Gasteiger partial charge in [0.2, 0.25) is 0 Å². The van der Waals surface area contributed by atoms with Crippen molar-refractivity contribution in [3.05, 3.63) is 104 Å². The molecule has 0 aliphatic heterocycles. The fourth-order valence-electron chi connectivity index (χ4n) is 2.75. The van der Waals surface area contributed by atoms with Crippen molar-refractivity contribution in [2.24, 2.45) is 0 Å². The summed E-state index contributed by atoms with van der Waals surface area (Å²) >= 11 is 0. The van der Waals surface area contributed by atoms with E-state index in [1.165, 1.54) is 17.1 Å². The van der Waals surface area contributed by atoms with Crippen molar-refractivity contribution >= 4 is 17.1 Å². The normalized spacial score (nSPS) is 11.0. The summed E-state index contributed by atoms with van der Waals surface area (Å²) in [5, 5.41) is 0. The summed E-state index contributed by atoms with van der Waals surface area (Å²) in [5.74, 6) is 0. The van der Waals surface area contributed by atoms with E-state index in [1.54, 1.807) is 0 Å². The second kappa shape index (κ2) is 5.78. The third-order valence-electron chi connectivity index (χ3n) is 3.76. The van der Waals surface area contributed by atoms with Crippen molar-refractivity contribution in [3.8, 4) is 0 Å². The van der Waals surface area contributed by atoms with Crippen LogP contribution in [-0.2, 0) is 0 Å². The zero-order valence-corrected chi connectivity index (χ0v) is 11.9. The predicted octanol–water partition coefficient (Wildman–Crippen LogP) is 5.80. The molecule has 0 aromatic heterocycles. The Hall–Kier alpha value is -2.64. The van der Waals surface area contributed by atoms with E-state index in [1.807, 2.05) is 24.4 Å². The summed E-state index contributed by atoms with van der Waals surface area (Å²) in [7, 11) is 0. The number of quaternary nitrogens is 1. The zero-order chi connectivity index (χ0) is 14.5. The van der Waals surface area contributed by atoms with E-state index in [9.17, 15) is 0 Å². The molecule has 0 saturated carbocycles. The first-order valence-corrected chi connectivity index (χ1v) is 7.07. The van der Waals surface area contributed by atoms with Gasteiger partial charge in [0.05, 0.1) is 0 Å². The molecule has 3 rings (SSSR count). The second-order valence-electron chi connectivity index (χ2n) is 4.91. The summed E-state index contributed by atoms with van der Waals surface area (Å²) < 4.78 is 0.502. The Morgan fingerprint density at radius 1 is 0.524 bits per heavy atom. The van der Waals surface area contributed by atoms with E-state index in [4.69, 9.17) is 0 Å². The van der Waals surface area contributed by atoms with Crippen LogP contribution in [0.3, 0.4) is 0 Å². The first-order chi connectivity index (χ1) is 10.4. The quantitative estimate of drug-likeness (QED) is 0.526. The van der Waals surface area contributed by atoms with Gasteiger partial charge in [-0.25, -0.2) is 4.48 Å². The number of nitrogens with zero attached hydrogens (tertiary/aromatic N) is 1. The van der Waals surface area contributed by atoms with E-state index < -0.39 is 0 Å². The van der Waals surface area contributed by atoms with Crippen LogP contribution in [0.2, 0.25) is 0 Å². The largest absolute Gasteiger partial charge is 0.201 e. The molecule has 0 amide bonds. The highest BCUT2D eigenvalue weighted by atomic mass is 15.4. The maximum absolute atomic E-state index is 4.13. The van der Waals surface area contributed by atoms with Gasteiger partial charge in [-0.2, -0.15) is 0 Å². The third kappa shape index (κ3) is 2.28. The maximum Gasteiger partial charge on any atom is 0.147 e. The molecule has 0 aliphatic carbocycles. The lowest BCUT2D eigenvalue weighted by atomic mass is 10.1. The lowest BCUT2D eigenvalue weighted by Gasteiger charge is -2.33. The topological polar surface area (TPSA) is 0 Å². The van der Waals surface area contributed by atoms with Gasteiger partial charge in [-0.15, -0.1) is 0 Å². The van der Waals surface area contributed by atoms with E-state index in [0.717, 1.165) is 0 Å². The van der Waals surface area contributed by atoms with Crippen LogP contribution >= 0.6 is 0 Å². The summed E-state index contributed by atoms with van der Waals surface area (Å²) in [6.07, 6.45) is 1.99. The molecule has 102 valence electrons. The summed E-state index contributed by atoms with van der Waals surface area (Å²) in [6.45, 7) is 4.13. The average Bonchev–Trinajstić information content (AvgIpc) is 2.59. The molecule has 1 heteroatoms. The first kappa shape index (κ1) is 13.3. The van der Waals surface area contributed by atoms with Crippen LogP contribution in [0.4, 0.5) is 17.1 Å². The van der Waals surface area contributed by atoms with Gasteiger partial charge in [-0.05, 0) is 6.58 Å². The predicted molar refractivity (Wildman–Crippen MR) is 90.6 cm³/mol. The Balaban J connectivity index is 2.31. The van der Waals surface area contributed by atoms with Crippen molar-refractivity contribution in [2.45, 2.75) is 0 Å². The minimum atomic E-state index is 0.502. The number of hydrogen-bond acceptors (Lipinski definition) is 0. The van der Waals surface area contributed by atoms with Crippen LogP contribution in [-0.4, -0.2) is 0 Å². The van der Waals surface area contributed by atoms with Gasteiger partial charge in [-0.3, -0.25) is 0 Å². The minimum absolute atomic E-state index is 0.502. The van der Waals surface area contributed by atoms with Crippen molar-refractivity contribution in [1.82, 2.24) is 4.48 Å². The van der Waals surface area contributed by atoms with Crippen molar-refractivity contribution in [1.29, 1.82) is 0 Å². The Morgan fingerprint density at radius 3 is 1.05 bits per heavy atom. The molecule has 0 atom stereocenters. The average molecular weight is 272 g/mol. The molecule has 0 unspecified atom stereocenters. The standard InChI is InChI=1S/C20H18N/c1-2-21(18-12-6-3-7-13-18,19-14-8-4-9-15-19)20-16-10-5-11-17-20/h2-17H,1H2/q+1. The Labute approximate surface area is 126 Å². The second-order valence-corrected chi connectivity index (χ2v) is 4.91. The fourth-order valence-corrected chi connectivity index (χ4v) is 2.75. The van der Waals surface area contributed by atoms with Gasteiger partial charge >= 0.3 is 0 Å². The SMILES string of the molecule is C=C[N+](c1ccccc1)(c1ccccc1)c1ccccc1. The summed E-state index contributed by atoms with van der Waals surface area (Å²) in [6, 6.07) is 31.4. The highest BCUT2D eigenvalue weighted by Gasteiger charge is 2.33. The van der Waals surface area contributed by atoms with Crippen molar-refractivity contribution < 1.29 is 0 Å². The molecule has 0 N–H and O–H groups in total. The molecule has 21 heavy (non-hydrogen) atoms. The van der Waals surface area contributed by atoms with E-state index in [0.29, 0.717) is 4.48 Å². The Bertz CT molecular complexity index is 606. The molecule has 0 aliphatic rings. The highest BCUT2D eigenvalue weighted by Crippen LogP contribution is 2.43. The van der Waals surface area contributed by atoms with E-state index in [-0.39, 0.29) is 0 Å². The minimum Gasteiger partial charge on any atom is -0.201 e. The first-order valence-electron chi connectivity index (χ1n) is 7.07. The molecule has 0 bridgehead atoms. The fraction of sp³-hybridized carbons (Fsp3) is 0. The van der Waals surface area contributed by atoms with Crippen LogP contribution in [0.15, 0.2) is 104 Å². The van der Waals surface area contributed by atoms with Crippen LogP contribution in [0, 0.1) is 0 Å². The number of hydrogen-bond donors (Lipinski definition) is 0.